The van der Waals surface area contributed by atoms with Crippen LogP contribution in [0.25, 0.3) is 22.0 Å². The number of likely N-dealkylation sites (tertiary alicyclic amines) is 1. The molecule has 1 N–H and O–H groups in total. The Hall–Kier alpha value is -3.64. The maximum Gasteiger partial charge on any atom is 0.168 e. The monoisotopic (exact) mass is 479 g/mol. The Morgan fingerprint density at radius 1 is 1.00 bits per heavy atom. The smallest absolute Gasteiger partial charge is 0.168 e. The first-order valence-electron chi connectivity index (χ1n) is 12.8. The molecule has 0 saturated carbocycles. The molecule has 0 unspecified atom stereocenters. The molecule has 0 atom stereocenters. The zero-order valence-electron chi connectivity index (χ0n) is 21.2. The molecule has 1 aliphatic heterocycles. The van der Waals surface area contributed by atoms with Crippen LogP contribution < -0.4 is 5.32 Å². The number of nitrogens with zero attached hydrogens (tertiary/aromatic N) is 4. The van der Waals surface area contributed by atoms with Crippen molar-refractivity contribution in [2.45, 2.75) is 52.1 Å². The average Bonchev–Trinajstić information content (AvgIpc) is 2.89. The van der Waals surface area contributed by atoms with Crippen molar-refractivity contribution in [2.75, 3.05) is 18.4 Å². The summed E-state index contributed by atoms with van der Waals surface area (Å²) in [7, 11) is 0. The molecule has 6 heteroatoms. The number of nitrogens with one attached hydrogen (secondary N) is 1. The molecule has 2 aromatic heterocycles. The summed E-state index contributed by atoms with van der Waals surface area (Å²) in [6.45, 7) is 8.75. The van der Waals surface area contributed by atoms with Crippen molar-refractivity contribution < 1.29 is 4.79 Å². The van der Waals surface area contributed by atoms with Crippen molar-refractivity contribution in [2.24, 2.45) is 0 Å². The number of aryl methyl sites for hydroxylation is 1. The molecule has 184 valence electrons. The Kier molecular flexibility index (Phi) is 7.05. The Morgan fingerprint density at radius 2 is 1.78 bits per heavy atom. The number of Topliss-reactive ketones (excluding diaryl/α,β-unsaturated/α-hetero) is 1. The van der Waals surface area contributed by atoms with E-state index in [4.69, 9.17) is 4.98 Å². The van der Waals surface area contributed by atoms with E-state index in [2.05, 4.69) is 46.2 Å². The second-order valence-corrected chi connectivity index (χ2v) is 10.0. The molecule has 3 heterocycles. The topological polar surface area (TPSA) is 71.0 Å². The predicted molar refractivity (Wildman–Crippen MR) is 145 cm³/mol. The van der Waals surface area contributed by atoms with E-state index in [0.717, 1.165) is 65.0 Å². The van der Waals surface area contributed by atoms with Crippen LogP contribution in [0, 0.1) is 6.92 Å². The third-order valence-corrected chi connectivity index (χ3v) is 7.04. The average molecular weight is 480 g/mol. The van der Waals surface area contributed by atoms with Gasteiger partial charge >= 0.3 is 0 Å². The summed E-state index contributed by atoms with van der Waals surface area (Å²) in [5.41, 5.74) is 4.44. The summed E-state index contributed by atoms with van der Waals surface area (Å²) in [6.07, 6.45) is 7.94. The first-order chi connectivity index (χ1) is 17.4. The number of pyridine rings is 1. The second-order valence-electron chi connectivity index (χ2n) is 10.0. The molecular weight excluding hydrogens is 446 g/mol. The van der Waals surface area contributed by atoms with Crippen molar-refractivity contribution in [3.8, 4) is 11.3 Å². The van der Waals surface area contributed by atoms with Crippen LogP contribution >= 0.6 is 0 Å². The van der Waals surface area contributed by atoms with Gasteiger partial charge in [0.25, 0.3) is 0 Å². The van der Waals surface area contributed by atoms with Crippen LogP contribution in [0.4, 0.5) is 5.82 Å². The summed E-state index contributed by atoms with van der Waals surface area (Å²) >= 11 is 0. The van der Waals surface area contributed by atoms with Gasteiger partial charge in [0.15, 0.2) is 5.78 Å². The highest BCUT2D eigenvalue weighted by Gasteiger charge is 2.21. The minimum Gasteiger partial charge on any atom is -0.366 e. The van der Waals surface area contributed by atoms with E-state index in [1.165, 1.54) is 0 Å². The molecule has 0 amide bonds. The number of ketones is 1. The summed E-state index contributed by atoms with van der Waals surface area (Å²) in [5, 5.41) is 5.66. The number of fused-ring (bicyclic) bond motifs is 1. The standard InChI is InChI=1S/C30H33N5O/c1-20(2)35-12-10-26(11-13-35)33-30-19-31-18-28(34-30)23-8-9-24-17-32-27(15-25(24)14-23)16-29(36)22-6-4-21(3)5-7-22/h4-9,14-15,17-20,26H,10-13,16H2,1-3H3,(H,33,34). The van der Waals surface area contributed by atoms with Gasteiger partial charge in [-0.15, -0.1) is 0 Å². The lowest BCUT2D eigenvalue weighted by Gasteiger charge is -2.35. The molecule has 0 radical (unpaired) electrons. The molecule has 0 aliphatic carbocycles. The van der Waals surface area contributed by atoms with Gasteiger partial charge in [-0.25, -0.2) is 4.98 Å². The van der Waals surface area contributed by atoms with E-state index in [-0.39, 0.29) is 12.2 Å². The number of carbonyl (C=O) groups excluding carboxylic acids is 1. The van der Waals surface area contributed by atoms with E-state index < -0.39 is 0 Å². The summed E-state index contributed by atoms with van der Waals surface area (Å²) in [6, 6.07) is 16.9. The fraction of sp³-hybridized carbons (Fsp3) is 0.333. The van der Waals surface area contributed by atoms with Crippen molar-refractivity contribution >= 4 is 22.4 Å². The van der Waals surface area contributed by atoms with Gasteiger partial charge in [-0.2, -0.15) is 0 Å². The quantitative estimate of drug-likeness (QED) is 0.342. The predicted octanol–water partition coefficient (Wildman–Crippen LogP) is 5.71. The molecule has 2 aromatic carbocycles. The van der Waals surface area contributed by atoms with Crippen molar-refractivity contribution in [1.29, 1.82) is 0 Å². The maximum absolute atomic E-state index is 12.7. The van der Waals surface area contributed by atoms with Gasteiger partial charge in [-0.3, -0.25) is 14.8 Å². The van der Waals surface area contributed by atoms with Gasteiger partial charge in [-0.05, 0) is 51.1 Å². The number of carbonyl (C=O) groups is 1. The Bertz CT molecular complexity index is 1360. The van der Waals surface area contributed by atoms with Crippen LogP contribution in [-0.2, 0) is 6.42 Å². The van der Waals surface area contributed by atoms with Crippen LogP contribution in [-0.4, -0.2) is 50.8 Å². The molecule has 1 aliphatic rings. The Morgan fingerprint density at radius 3 is 2.53 bits per heavy atom. The molecule has 0 spiro atoms. The number of rotatable bonds is 7. The number of hydrogen-bond acceptors (Lipinski definition) is 6. The summed E-state index contributed by atoms with van der Waals surface area (Å²) in [5.74, 6) is 0.886. The minimum atomic E-state index is 0.0712. The van der Waals surface area contributed by atoms with Gasteiger partial charge < -0.3 is 10.2 Å². The van der Waals surface area contributed by atoms with Crippen LogP contribution in [0.2, 0.25) is 0 Å². The highest BCUT2D eigenvalue weighted by molar-refractivity contribution is 5.98. The van der Waals surface area contributed by atoms with Crippen LogP contribution in [0.5, 0.6) is 0 Å². The van der Waals surface area contributed by atoms with Crippen molar-refractivity contribution in [3.05, 3.63) is 83.9 Å². The summed E-state index contributed by atoms with van der Waals surface area (Å²) in [4.78, 5) is 29.1. The fourth-order valence-electron chi connectivity index (χ4n) is 4.79. The second kappa shape index (κ2) is 10.5. The van der Waals surface area contributed by atoms with Gasteiger partial charge in [0.1, 0.15) is 5.82 Å². The van der Waals surface area contributed by atoms with Crippen LogP contribution in [0.3, 0.4) is 0 Å². The number of hydrogen-bond donors (Lipinski definition) is 1. The summed E-state index contributed by atoms with van der Waals surface area (Å²) < 4.78 is 0. The van der Waals surface area contributed by atoms with E-state index in [1.54, 1.807) is 12.4 Å². The molecule has 6 nitrogen and oxygen atoms in total. The van der Waals surface area contributed by atoms with Gasteiger partial charge in [0.05, 0.1) is 24.5 Å². The first-order valence-corrected chi connectivity index (χ1v) is 12.8. The van der Waals surface area contributed by atoms with Crippen molar-refractivity contribution in [1.82, 2.24) is 19.9 Å². The van der Waals surface area contributed by atoms with E-state index in [0.29, 0.717) is 17.6 Å². The highest BCUT2D eigenvalue weighted by atomic mass is 16.1. The van der Waals surface area contributed by atoms with Crippen LogP contribution in [0.1, 0.15) is 48.3 Å². The highest BCUT2D eigenvalue weighted by Crippen LogP contribution is 2.25. The van der Waals surface area contributed by atoms with Gasteiger partial charge in [-0.1, -0.05) is 42.0 Å². The molecule has 0 bridgehead atoms. The number of aromatic nitrogens is 3. The number of piperidine rings is 1. The molecule has 36 heavy (non-hydrogen) atoms. The molecule has 1 fully saturated rings. The largest absolute Gasteiger partial charge is 0.366 e. The lowest BCUT2D eigenvalue weighted by atomic mass is 10.0. The van der Waals surface area contributed by atoms with Crippen LogP contribution in [0.15, 0.2) is 67.1 Å². The zero-order chi connectivity index (χ0) is 25.1. The normalized spacial score (nSPS) is 14.9. The minimum absolute atomic E-state index is 0.0712. The fourth-order valence-corrected chi connectivity index (χ4v) is 4.79. The number of benzene rings is 2. The zero-order valence-corrected chi connectivity index (χ0v) is 21.2. The molecule has 4 aromatic rings. The van der Waals surface area contributed by atoms with E-state index in [1.807, 2.05) is 49.5 Å². The maximum atomic E-state index is 12.7. The van der Waals surface area contributed by atoms with Gasteiger partial charge in [0.2, 0.25) is 0 Å². The van der Waals surface area contributed by atoms with Crippen molar-refractivity contribution in [3.63, 3.8) is 0 Å². The Labute approximate surface area is 212 Å². The molecule has 1 saturated heterocycles. The van der Waals surface area contributed by atoms with E-state index in [9.17, 15) is 4.79 Å². The molecule has 5 rings (SSSR count). The third kappa shape index (κ3) is 5.60. The van der Waals surface area contributed by atoms with Gasteiger partial charge in [0, 0.05) is 53.6 Å². The SMILES string of the molecule is Cc1ccc(C(=O)Cc2cc3cc(-c4cncc(NC5CCN(C(C)C)CC5)n4)ccc3cn2)cc1. The molecular formula is C30H33N5O. The Balaban J connectivity index is 1.31. The van der Waals surface area contributed by atoms with E-state index >= 15 is 0 Å². The first kappa shape index (κ1) is 24.1. The third-order valence-electron chi connectivity index (χ3n) is 7.04. The lowest BCUT2D eigenvalue weighted by Crippen LogP contribution is -2.42. The number of anilines is 1. The lowest BCUT2D eigenvalue weighted by molar-refractivity contribution is 0.0992.